The second-order valence-electron chi connectivity index (χ2n) is 6.21. The molecule has 1 amide bonds. The van der Waals surface area contributed by atoms with E-state index in [0.717, 1.165) is 32.4 Å². The fraction of sp³-hybridized carbons (Fsp3) is 0.588. The highest BCUT2D eigenvalue weighted by atomic mass is 19.1. The Hall–Kier alpha value is -1.42. The Bertz CT molecular complexity index is 476. The number of amides is 1. The van der Waals surface area contributed by atoms with E-state index in [9.17, 15) is 9.18 Å². The predicted octanol–water partition coefficient (Wildman–Crippen LogP) is 3.07. The maximum absolute atomic E-state index is 13.7. The third-order valence-corrected chi connectivity index (χ3v) is 3.97. The molecule has 4 heteroatoms. The third kappa shape index (κ3) is 4.53. The zero-order valence-corrected chi connectivity index (χ0v) is 12.9. The monoisotopic (exact) mass is 292 g/mol. The van der Waals surface area contributed by atoms with Crippen LogP contribution in [0.4, 0.5) is 4.39 Å². The average molecular weight is 292 g/mol. The maximum atomic E-state index is 13.7. The molecule has 1 N–H and O–H groups in total. The van der Waals surface area contributed by atoms with Gasteiger partial charge >= 0.3 is 0 Å². The molecule has 0 spiro atoms. The van der Waals surface area contributed by atoms with Gasteiger partial charge in [-0.05, 0) is 43.9 Å². The minimum Gasteiger partial charge on any atom is -0.337 e. The molecule has 1 saturated heterocycles. The van der Waals surface area contributed by atoms with Gasteiger partial charge in [0.1, 0.15) is 5.82 Å². The van der Waals surface area contributed by atoms with Crippen LogP contribution in [-0.4, -0.2) is 36.5 Å². The molecule has 1 aromatic rings. The van der Waals surface area contributed by atoms with Crippen LogP contribution in [0.5, 0.6) is 0 Å². The molecule has 1 unspecified atom stereocenters. The van der Waals surface area contributed by atoms with E-state index in [1.807, 2.05) is 0 Å². The Morgan fingerprint density at radius 1 is 1.43 bits per heavy atom. The van der Waals surface area contributed by atoms with Crippen molar-refractivity contribution in [2.45, 2.75) is 39.2 Å². The Morgan fingerprint density at radius 3 is 2.90 bits per heavy atom. The lowest BCUT2D eigenvalue weighted by Gasteiger charge is -2.33. The van der Waals surface area contributed by atoms with Crippen molar-refractivity contribution < 1.29 is 9.18 Å². The van der Waals surface area contributed by atoms with Gasteiger partial charge in [0.05, 0.1) is 5.56 Å². The molecule has 1 heterocycles. The highest BCUT2D eigenvalue weighted by molar-refractivity contribution is 5.94. The van der Waals surface area contributed by atoms with Crippen LogP contribution in [0.1, 0.15) is 43.5 Å². The lowest BCUT2D eigenvalue weighted by Crippen LogP contribution is -2.48. The van der Waals surface area contributed by atoms with E-state index >= 15 is 0 Å². The first-order valence-corrected chi connectivity index (χ1v) is 7.85. The Morgan fingerprint density at radius 2 is 2.19 bits per heavy atom. The fourth-order valence-corrected chi connectivity index (χ4v) is 2.71. The normalized spacial score (nSPS) is 19.0. The molecule has 3 nitrogen and oxygen atoms in total. The highest BCUT2D eigenvalue weighted by Gasteiger charge is 2.25. The van der Waals surface area contributed by atoms with Crippen LogP contribution in [0.2, 0.25) is 0 Å². The van der Waals surface area contributed by atoms with Gasteiger partial charge in [-0.2, -0.15) is 0 Å². The van der Waals surface area contributed by atoms with Crippen LogP contribution in [0.3, 0.4) is 0 Å². The molecular weight excluding hydrogens is 267 g/mol. The summed E-state index contributed by atoms with van der Waals surface area (Å²) >= 11 is 0. The first-order chi connectivity index (χ1) is 10.1. The van der Waals surface area contributed by atoms with Crippen LogP contribution in [0.15, 0.2) is 24.3 Å². The van der Waals surface area contributed by atoms with Crippen molar-refractivity contribution in [3.63, 3.8) is 0 Å². The van der Waals surface area contributed by atoms with Gasteiger partial charge in [-0.1, -0.05) is 26.0 Å². The maximum Gasteiger partial charge on any atom is 0.256 e. The number of likely N-dealkylation sites (tertiary alicyclic amines) is 1. The van der Waals surface area contributed by atoms with Gasteiger partial charge in [-0.25, -0.2) is 4.39 Å². The molecule has 0 aromatic heterocycles. The van der Waals surface area contributed by atoms with Crippen molar-refractivity contribution in [3.8, 4) is 0 Å². The number of hydrogen-bond donors (Lipinski definition) is 1. The highest BCUT2D eigenvalue weighted by Crippen LogP contribution is 2.16. The molecule has 0 aliphatic carbocycles. The number of halogens is 1. The second-order valence-corrected chi connectivity index (χ2v) is 6.21. The summed E-state index contributed by atoms with van der Waals surface area (Å²) in [6, 6.07) is 6.55. The number of nitrogens with one attached hydrogen (secondary N) is 1. The van der Waals surface area contributed by atoms with Crippen LogP contribution in [0, 0.1) is 11.7 Å². The zero-order chi connectivity index (χ0) is 15.2. The van der Waals surface area contributed by atoms with Crippen LogP contribution >= 0.6 is 0 Å². The minimum absolute atomic E-state index is 0.181. The standard InChI is InChI=1S/C17H25FN2O/c1-13(2)9-10-19-14-6-5-11-20(12-14)17(21)15-7-3-4-8-16(15)18/h3-4,7-8,13-14,19H,5-6,9-12H2,1-2H3. The number of nitrogens with zero attached hydrogens (tertiary/aromatic N) is 1. The molecule has 1 fully saturated rings. The largest absolute Gasteiger partial charge is 0.337 e. The summed E-state index contributed by atoms with van der Waals surface area (Å²) in [5, 5.41) is 3.52. The molecular formula is C17H25FN2O. The number of carbonyl (C=O) groups is 1. The summed E-state index contributed by atoms with van der Waals surface area (Å²) in [4.78, 5) is 14.2. The average Bonchev–Trinajstić information content (AvgIpc) is 2.47. The van der Waals surface area contributed by atoms with Gasteiger partial charge < -0.3 is 10.2 Å². The van der Waals surface area contributed by atoms with E-state index in [2.05, 4.69) is 19.2 Å². The van der Waals surface area contributed by atoms with Crippen LogP contribution < -0.4 is 5.32 Å². The minimum atomic E-state index is -0.433. The Kier molecular flexibility index (Phi) is 5.74. The molecule has 1 aliphatic rings. The summed E-state index contributed by atoms with van der Waals surface area (Å²) in [6.07, 6.45) is 3.19. The summed E-state index contributed by atoms with van der Waals surface area (Å²) in [7, 11) is 0. The van der Waals surface area contributed by atoms with E-state index in [-0.39, 0.29) is 11.5 Å². The van der Waals surface area contributed by atoms with Gasteiger partial charge in [-0.3, -0.25) is 4.79 Å². The van der Waals surface area contributed by atoms with Crippen molar-refractivity contribution in [2.24, 2.45) is 5.92 Å². The van der Waals surface area contributed by atoms with Gasteiger partial charge in [0.25, 0.3) is 5.91 Å². The first-order valence-electron chi connectivity index (χ1n) is 7.85. The van der Waals surface area contributed by atoms with Crippen LogP contribution in [-0.2, 0) is 0 Å². The Labute approximate surface area is 126 Å². The number of benzene rings is 1. The third-order valence-electron chi connectivity index (χ3n) is 3.97. The molecule has 1 aliphatic heterocycles. The molecule has 2 rings (SSSR count). The molecule has 0 saturated carbocycles. The van der Waals surface area contributed by atoms with Crippen LogP contribution in [0.25, 0.3) is 0 Å². The summed E-state index contributed by atoms with van der Waals surface area (Å²) in [5.41, 5.74) is 0.181. The smallest absolute Gasteiger partial charge is 0.256 e. The SMILES string of the molecule is CC(C)CCNC1CCCN(C(=O)c2ccccc2F)C1. The van der Waals surface area contributed by atoms with Crippen molar-refractivity contribution in [3.05, 3.63) is 35.6 Å². The number of carbonyl (C=O) groups excluding carboxylic acids is 1. The second kappa shape index (κ2) is 7.55. The van der Waals surface area contributed by atoms with Gasteiger partial charge in [0.15, 0.2) is 0 Å². The number of piperidine rings is 1. The Balaban J connectivity index is 1.91. The lowest BCUT2D eigenvalue weighted by atomic mass is 10.0. The lowest BCUT2D eigenvalue weighted by molar-refractivity contribution is 0.0689. The van der Waals surface area contributed by atoms with Gasteiger partial charge in [0.2, 0.25) is 0 Å². The van der Waals surface area contributed by atoms with Gasteiger partial charge in [0, 0.05) is 19.1 Å². The predicted molar refractivity (Wildman–Crippen MR) is 82.8 cm³/mol. The summed E-state index contributed by atoms with van der Waals surface area (Å²) < 4.78 is 13.7. The summed E-state index contributed by atoms with van der Waals surface area (Å²) in [6.45, 7) is 6.78. The molecule has 0 bridgehead atoms. The quantitative estimate of drug-likeness (QED) is 0.904. The first kappa shape index (κ1) is 16.0. The van der Waals surface area contributed by atoms with E-state index in [4.69, 9.17) is 0 Å². The van der Waals surface area contributed by atoms with E-state index in [1.165, 1.54) is 6.07 Å². The number of hydrogen-bond acceptors (Lipinski definition) is 2. The zero-order valence-electron chi connectivity index (χ0n) is 12.9. The van der Waals surface area contributed by atoms with Crippen molar-refractivity contribution in [1.29, 1.82) is 0 Å². The molecule has 1 aromatic carbocycles. The summed E-state index contributed by atoms with van der Waals surface area (Å²) in [5.74, 6) is 0.0538. The van der Waals surface area contributed by atoms with E-state index < -0.39 is 5.82 Å². The van der Waals surface area contributed by atoms with E-state index in [0.29, 0.717) is 18.5 Å². The van der Waals surface area contributed by atoms with Crippen molar-refractivity contribution in [2.75, 3.05) is 19.6 Å². The topological polar surface area (TPSA) is 32.3 Å². The van der Waals surface area contributed by atoms with E-state index in [1.54, 1.807) is 23.1 Å². The molecule has 0 radical (unpaired) electrons. The van der Waals surface area contributed by atoms with Crippen molar-refractivity contribution >= 4 is 5.91 Å². The number of rotatable bonds is 5. The fourth-order valence-electron chi connectivity index (χ4n) is 2.71. The van der Waals surface area contributed by atoms with Gasteiger partial charge in [-0.15, -0.1) is 0 Å². The molecule has 21 heavy (non-hydrogen) atoms. The molecule has 1 atom stereocenters. The molecule has 116 valence electrons. The van der Waals surface area contributed by atoms with Crippen molar-refractivity contribution in [1.82, 2.24) is 10.2 Å².